The maximum atomic E-state index is 10.9. The van der Waals surface area contributed by atoms with Gasteiger partial charge in [0.2, 0.25) is 0 Å². The van der Waals surface area contributed by atoms with Gasteiger partial charge in [0.05, 0.1) is 4.92 Å². The van der Waals surface area contributed by atoms with Crippen LogP contribution < -0.4 is 0 Å². The minimum atomic E-state index is -0.380. The number of rotatable bonds is 2. The molecular weight excluding hydrogens is 415 g/mol. The Morgan fingerprint density at radius 1 is 1.27 bits per heavy atom. The highest BCUT2D eigenvalue weighted by Crippen LogP contribution is 2.41. The second kappa shape index (κ2) is 5.85. The van der Waals surface area contributed by atoms with E-state index >= 15 is 0 Å². The molecule has 2 rings (SSSR count). The van der Waals surface area contributed by atoms with Crippen molar-refractivity contribution in [3.63, 3.8) is 0 Å². The standard InChI is InChI=1S/C16H18ClIN2O2/c1-9-8-11(20(21)22)6-7-12(9)13-14(18)10(2)19(15(13)17)16(3,4)5/h6-8H,1-5H3. The van der Waals surface area contributed by atoms with E-state index in [4.69, 9.17) is 11.6 Å². The van der Waals surface area contributed by atoms with Crippen molar-refractivity contribution < 1.29 is 4.92 Å². The van der Waals surface area contributed by atoms with Gasteiger partial charge in [0.25, 0.3) is 5.69 Å². The summed E-state index contributed by atoms with van der Waals surface area (Å²) < 4.78 is 3.18. The maximum Gasteiger partial charge on any atom is 0.269 e. The minimum Gasteiger partial charge on any atom is -0.329 e. The fraction of sp³-hybridized carbons (Fsp3) is 0.375. The largest absolute Gasteiger partial charge is 0.329 e. The molecule has 0 saturated heterocycles. The van der Waals surface area contributed by atoms with Crippen molar-refractivity contribution in [2.45, 2.75) is 40.2 Å². The second-order valence-corrected chi connectivity index (χ2v) is 7.76. The van der Waals surface area contributed by atoms with Crippen LogP contribution in [0.4, 0.5) is 5.69 Å². The maximum absolute atomic E-state index is 10.9. The Morgan fingerprint density at radius 3 is 2.27 bits per heavy atom. The third kappa shape index (κ3) is 2.88. The monoisotopic (exact) mass is 432 g/mol. The predicted molar refractivity (Wildman–Crippen MR) is 98.7 cm³/mol. The Labute approximate surface area is 148 Å². The summed E-state index contributed by atoms with van der Waals surface area (Å²) in [4.78, 5) is 10.5. The zero-order chi connectivity index (χ0) is 16.8. The van der Waals surface area contributed by atoms with Crippen molar-refractivity contribution in [2.75, 3.05) is 0 Å². The smallest absolute Gasteiger partial charge is 0.269 e. The Balaban J connectivity index is 2.72. The van der Waals surface area contributed by atoms with Gasteiger partial charge in [-0.25, -0.2) is 0 Å². The number of hydrogen-bond donors (Lipinski definition) is 0. The van der Waals surface area contributed by atoms with E-state index in [1.165, 1.54) is 6.07 Å². The van der Waals surface area contributed by atoms with Gasteiger partial charge in [0, 0.05) is 32.5 Å². The summed E-state index contributed by atoms with van der Waals surface area (Å²) in [5.41, 5.74) is 3.80. The number of non-ortho nitro benzene ring substituents is 1. The van der Waals surface area contributed by atoms with Crippen LogP contribution in [0.2, 0.25) is 5.15 Å². The Bertz CT molecular complexity index is 760. The van der Waals surface area contributed by atoms with Crippen molar-refractivity contribution in [2.24, 2.45) is 0 Å². The molecule has 118 valence electrons. The van der Waals surface area contributed by atoms with Crippen molar-refractivity contribution in [3.05, 3.63) is 48.3 Å². The number of aryl methyl sites for hydroxylation is 1. The number of benzene rings is 1. The molecular formula is C16H18ClIN2O2. The van der Waals surface area contributed by atoms with Crippen LogP contribution in [0.3, 0.4) is 0 Å². The molecule has 0 fully saturated rings. The molecule has 0 aliphatic heterocycles. The SMILES string of the molecule is Cc1cc([N+](=O)[O-])ccc1-c1c(I)c(C)n(C(C)(C)C)c1Cl. The molecule has 1 heterocycles. The van der Waals surface area contributed by atoms with Crippen molar-refractivity contribution >= 4 is 39.9 Å². The molecule has 0 N–H and O–H groups in total. The summed E-state index contributed by atoms with van der Waals surface area (Å²) in [6.07, 6.45) is 0. The first-order valence-electron chi connectivity index (χ1n) is 6.88. The zero-order valence-electron chi connectivity index (χ0n) is 13.2. The summed E-state index contributed by atoms with van der Waals surface area (Å²) in [6.45, 7) is 10.2. The third-order valence-electron chi connectivity index (χ3n) is 3.64. The Hall–Kier alpha value is -1.08. The lowest BCUT2D eigenvalue weighted by Crippen LogP contribution is -2.23. The number of nitrogens with zero attached hydrogens (tertiary/aromatic N) is 2. The van der Waals surface area contributed by atoms with Crippen LogP contribution >= 0.6 is 34.2 Å². The fourth-order valence-electron chi connectivity index (χ4n) is 2.70. The molecule has 1 aromatic heterocycles. The molecule has 22 heavy (non-hydrogen) atoms. The third-order valence-corrected chi connectivity index (χ3v) is 5.31. The first kappa shape index (κ1) is 17.3. The van der Waals surface area contributed by atoms with Gasteiger partial charge < -0.3 is 4.57 Å². The van der Waals surface area contributed by atoms with Crippen LogP contribution in [0.1, 0.15) is 32.0 Å². The van der Waals surface area contributed by atoms with E-state index in [1.807, 2.05) is 13.8 Å². The van der Waals surface area contributed by atoms with E-state index in [2.05, 4.69) is 47.9 Å². The number of nitro groups is 1. The highest BCUT2D eigenvalue weighted by molar-refractivity contribution is 14.1. The summed E-state index contributed by atoms with van der Waals surface area (Å²) >= 11 is 8.95. The van der Waals surface area contributed by atoms with Gasteiger partial charge in [-0.3, -0.25) is 10.1 Å². The van der Waals surface area contributed by atoms with E-state index in [9.17, 15) is 10.1 Å². The first-order valence-corrected chi connectivity index (χ1v) is 8.33. The lowest BCUT2D eigenvalue weighted by molar-refractivity contribution is -0.384. The average molecular weight is 433 g/mol. The topological polar surface area (TPSA) is 48.1 Å². The number of halogens is 2. The molecule has 0 bridgehead atoms. The zero-order valence-corrected chi connectivity index (χ0v) is 16.1. The Kier molecular flexibility index (Phi) is 4.59. The average Bonchev–Trinajstić information content (AvgIpc) is 2.60. The molecule has 0 unspecified atom stereocenters. The van der Waals surface area contributed by atoms with E-state index in [0.29, 0.717) is 5.15 Å². The van der Waals surface area contributed by atoms with Gasteiger partial charge in [0.15, 0.2) is 0 Å². The quantitative estimate of drug-likeness (QED) is 0.347. The van der Waals surface area contributed by atoms with Gasteiger partial charge in [-0.2, -0.15) is 0 Å². The van der Waals surface area contributed by atoms with E-state index < -0.39 is 0 Å². The van der Waals surface area contributed by atoms with Gasteiger partial charge in [-0.1, -0.05) is 11.6 Å². The molecule has 0 spiro atoms. The molecule has 0 aliphatic carbocycles. The van der Waals surface area contributed by atoms with Crippen LogP contribution in [-0.2, 0) is 5.54 Å². The molecule has 0 radical (unpaired) electrons. The Morgan fingerprint density at radius 2 is 1.86 bits per heavy atom. The number of aromatic nitrogens is 1. The van der Waals surface area contributed by atoms with Gasteiger partial charge in [0.1, 0.15) is 5.15 Å². The van der Waals surface area contributed by atoms with Gasteiger partial charge in [-0.15, -0.1) is 0 Å². The summed E-state index contributed by atoms with van der Waals surface area (Å²) in [5, 5.41) is 11.6. The summed E-state index contributed by atoms with van der Waals surface area (Å²) in [6, 6.07) is 4.90. The molecule has 2 aromatic rings. The van der Waals surface area contributed by atoms with Crippen LogP contribution in [0.25, 0.3) is 11.1 Å². The number of nitro benzene ring substituents is 1. The minimum absolute atomic E-state index is 0.0966. The van der Waals surface area contributed by atoms with E-state index in [1.54, 1.807) is 12.1 Å². The molecule has 0 amide bonds. The van der Waals surface area contributed by atoms with Crippen molar-refractivity contribution in [1.82, 2.24) is 4.57 Å². The fourth-order valence-corrected chi connectivity index (χ4v) is 4.22. The van der Waals surface area contributed by atoms with Crippen LogP contribution in [0, 0.1) is 27.5 Å². The summed E-state index contributed by atoms with van der Waals surface area (Å²) in [5.74, 6) is 0. The second-order valence-electron chi connectivity index (χ2n) is 6.33. The van der Waals surface area contributed by atoms with Crippen LogP contribution in [0.15, 0.2) is 18.2 Å². The molecule has 0 saturated carbocycles. The normalized spacial score (nSPS) is 11.8. The van der Waals surface area contributed by atoms with E-state index in [-0.39, 0.29) is 16.1 Å². The summed E-state index contributed by atoms with van der Waals surface area (Å²) in [7, 11) is 0. The molecule has 6 heteroatoms. The predicted octanol–water partition coefficient (Wildman–Crippen LogP) is 5.69. The van der Waals surface area contributed by atoms with Gasteiger partial charge >= 0.3 is 0 Å². The molecule has 1 aromatic carbocycles. The molecule has 0 aliphatic rings. The van der Waals surface area contributed by atoms with Crippen molar-refractivity contribution in [3.8, 4) is 11.1 Å². The molecule has 0 atom stereocenters. The lowest BCUT2D eigenvalue weighted by Gasteiger charge is -2.25. The first-order chi connectivity index (χ1) is 10.1. The lowest BCUT2D eigenvalue weighted by atomic mass is 10.0. The van der Waals surface area contributed by atoms with Crippen LogP contribution in [0.5, 0.6) is 0 Å². The van der Waals surface area contributed by atoms with Gasteiger partial charge in [-0.05, 0) is 74.4 Å². The van der Waals surface area contributed by atoms with Crippen molar-refractivity contribution in [1.29, 1.82) is 0 Å². The highest BCUT2D eigenvalue weighted by atomic mass is 127. The van der Waals surface area contributed by atoms with Crippen LogP contribution in [-0.4, -0.2) is 9.49 Å². The van der Waals surface area contributed by atoms with E-state index in [0.717, 1.165) is 26.0 Å². The molecule has 4 nitrogen and oxygen atoms in total. The number of hydrogen-bond acceptors (Lipinski definition) is 2. The highest BCUT2D eigenvalue weighted by Gasteiger charge is 2.26.